The summed E-state index contributed by atoms with van der Waals surface area (Å²) in [6.07, 6.45) is 0. The van der Waals surface area contributed by atoms with Crippen LogP contribution in [0.1, 0.15) is 22.9 Å². The molecule has 0 aliphatic carbocycles. The Morgan fingerprint density at radius 3 is 2.50 bits per heavy atom. The van der Waals surface area contributed by atoms with E-state index < -0.39 is 0 Å². The van der Waals surface area contributed by atoms with Crippen molar-refractivity contribution >= 4 is 22.9 Å². The fourth-order valence-corrected chi connectivity index (χ4v) is 3.46. The Hall–Kier alpha value is -2.01. The number of hydrogen-bond donors (Lipinski definition) is 1. The predicted octanol–water partition coefficient (Wildman–Crippen LogP) is 5.67. The van der Waals surface area contributed by atoms with E-state index >= 15 is 0 Å². The van der Waals surface area contributed by atoms with Gasteiger partial charge in [0.1, 0.15) is 6.61 Å². The van der Waals surface area contributed by atoms with Gasteiger partial charge in [-0.2, -0.15) is 0 Å². The molecule has 0 saturated heterocycles. The third-order valence-electron chi connectivity index (χ3n) is 3.84. The van der Waals surface area contributed by atoms with Crippen molar-refractivity contribution < 1.29 is 9.47 Å². The van der Waals surface area contributed by atoms with Crippen LogP contribution in [0.4, 0.5) is 0 Å². The quantitative estimate of drug-likeness (QED) is 0.513. The van der Waals surface area contributed by atoms with Crippen LogP contribution in [0.15, 0.2) is 60.0 Å². The third kappa shape index (κ3) is 5.24. The van der Waals surface area contributed by atoms with Crippen LogP contribution in [0.3, 0.4) is 0 Å². The lowest BCUT2D eigenvalue weighted by Gasteiger charge is -2.15. The van der Waals surface area contributed by atoms with Crippen molar-refractivity contribution in [3.8, 4) is 11.5 Å². The fourth-order valence-electron chi connectivity index (χ4n) is 2.56. The van der Waals surface area contributed by atoms with Gasteiger partial charge in [0.05, 0.1) is 6.61 Å². The van der Waals surface area contributed by atoms with Gasteiger partial charge in [0, 0.05) is 29.1 Å². The summed E-state index contributed by atoms with van der Waals surface area (Å²) in [6, 6.07) is 18.0. The zero-order chi connectivity index (χ0) is 18.2. The van der Waals surface area contributed by atoms with Gasteiger partial charge in [-0.15, -0.1) is 11.3 Å². The van der Waals surface area contributed by atoms with Crippen molar-refractivity contribution in [2.45, 2.75) is 26.6 Å². The molecule has 5 heteroatoms. The monoisotopic (exact) mass is 387 g/mol. The first-order valence-corrected chi connectivity index (χ1v) is 9.87. The molecular formula is C21H22ClNO2S. The SMILES string of the molecule is CCOc1cc(CNCc2cccs2)c(Cl)cc1OCc1ccccc1. The lowest BCUT2D eigenvalue weighted by molar-refractivity contribution is 0.269. The number of rotatable bonds is 9. The predicted molar refractivity (Wildman–Crippen MR) is 108 cm³/mol. The highest BCUT2D eigenvalue weighted by molar-refractivity contribution is 7.09. The highest BCUT2D eigenvalue weighted by Gasteiger charge is 2.11. The van der Waals surface area contributed by atoms with Crippen LogP contribution < -0.4 is 14.8 Å². The average Bonchev–Trinajstić information content (AvgIpc) is 3.17. The number of nitrogens with one attached hydrogen (secondary N) is 1. The Labute approximate surface area is 163 Å². The van der Waals surface area contributed by atoms with Crippen LogP contribution in [0.25, 0.3) is 0 Å². The van der Waals surface area contributed by atoms with E-state index in [0.29, 0.717) is 30.5 Å². The molecule has 0 bridgehead atoms. The molecule has 3 aromatic rings. The second-order valence-corrected chi connectivity index (χ2v) is 7.22. The second kappa shape index (κ2) is 9.62. The van der Waals surface area contributed by atoms with E-state index in [1.165, 1.54) is 4.88 Å². The van der Waals surface area contributed by atoms with Crippen molar-refractivity contribution in [3.63, 3.8) is 0 Å². The standard InChI is InChI=1S/C21H22ClNO2S/c1-2-24-20-11-17(13-23-14-18-9-6-10-26-18)19(22)12-21(20)25-15-16-7-4-3-5-8-16/h3-12,23H,2,13-15H2,1H3. The van der Waals surface area contributed by atoms with Crippen molar-refractivity contribution in [2.24, 2.45) is 0 Å². The smallest absolute Gasteiger partial charge is 0.163 e. The Kier molecular flexibility index (Phi) is 6.95. The summed E-state index contributed by atoms with van der Waals surface area (Å²) in [4.78, 5) is 1.30. The van der Waals surface area contributed by atoms with Gasteiger partial charge < -0.3 is 14.8 Å². The van der Waals surface area contributed by atoms with Gasteiger partial charge >= 0.3 is 0 Å². The summed E-state index contributed by atoms with van der Waals surface area (Å²) < 4.78 is 11.7. The van der Waals surface area contributed by atoms with Gasteiger partial charge in [-0.3, -0.25) is 0 Å². The van der Waals surface area contributed by atoms with E-state index in [0.717, 1.165) is 23.4 Å². The van der Waals surface area contributed by atoms with Crippen LogP contribution >= 0.6 is 22.9 Å². The molecule has 0 amide bonds. The molecule has 0 unspecified atom stereocenters. The molecular weight excluding hydrogens is 366 g/mol. The first kappa shape index (κ1) is 18.8. The number of benzene rings is 2. The van der Waals surface area contributed by atoms with Gasteiger partial charge in [-0.1, -0.05) is 48.0 Å². The maximum Gasteiger partial charge on any atom is 0.163 e. The fraction of sp³-hybridized carbons (Fsp3) is 0.238. The van der Waals surface area contributed by atoms with Gasteiger partial charge in [0.2, 0.25) is 0 Å². The van der Waals surface area contributed by atoms with E-state index in [2.05, 4.69) is 22.8 Å². The van der Waals surface area contributed by atoms with Gasteiger partial charge in [-0.05, 0) is 35.6 Å². The Morgan fingerprint density at radius 2 is 1.77 bits per heavy atom. The summed E-state index contributed by atoms with van der Waals surface area (Å²) in [5, 5.41) is 6.18. The lowest BCUT2D eigenvalue weighted by Crippen LogP contribution is -2.12. The average molecular weight is 388 g/mol. The lowest BCUT2D eigenvalue weighted by atomic mass is 10.2. The molecule has 0 atom stereocenters. The van der Waals surface area contributed by atoms with E-state index in [9.17, 15) is 0 Å². The molecule has 3 nitrogen and oxygen atoms in total. The van der Waals surface area contributed by atoms with Crippen molar-refractivity contribution in [2.75, 3.05) is 6.61 Å². The van der Waals surface area contributed by atoms with Crippen LogP contribution in [-0.2, 0) is 19.7 Å². The maximum absolute atomic E-state index is 6.47. The normalized spacial score (nSPS) is 10.7. The molecule has 3 rings (SSSR count). The van der Waals surface area contributed by atoms with E-state index in [1.54, 1.807) is 11.3 Å². The molecule has 0 spiro atoms. The second-order valence-electron chi connectivity index (χ2n) is 5.78. The first-order chi connectivity index (χ1) is 12.8. The van der Waals surface area contributed by atoms with E-state index in [4.69, 9.17) is 21.1 Å². The molecule has 0 aliphatic rings. The zero-order valence-corrected chi connectivity index (χ0v) is 16.3. The number of halogens is 1. The van der Waals surface area contributed by atoms with Crippen LogP contribution in [0.5, 0.6) is 11.5 Å². The molecule has 0 radical (unpaired) electrons. The molecule has 1 heterocycles. The molecule has 1 N–H and O–H groups in total. The zero-order valence-electron chi connectivity index (χ0n) is 14.7. The van der Waals surface area contributed by atoms with Crippen LogP contribution in [0, 0.1) is 0 Å². The van der Waals surface area contributed by atoms with Gasteiger partial charge in [-0.25, -0.2) is 0 Å². The molecule has 26 heavy (non-hydrogen) atoms. The summed E-state index contributed by atoms with van der Waals surface area (Å²) in [7, 11) is 0. The third-order valence-corrected chi connectivity index (χ3v) is 5.07. The molecule has 1 aromatic heterocycles. The summed E-state index contributed by atoms with van der Waals surface area (Å²) in [6.45, 7) is 4.52. The largest absolute Gasteiger partial charge is 0.490 e. The molecule has 2 aromatic carbocycles. The topological polar surface area (TPSA) is 30.5 Å². The summed E-state index contributed by atoms with van der Waals surface area (Å²) >= 11 is 8.21. The minimum atomic E-state index is 0.479. The minimum Gasteiger partial charge on any atom is -0.490 e. The summed E-state index contributed by atoms with van der Waals surface area (Å²) in [5.74, 6) is 1.39. The number of thiophene rings is 1. The minimum absolute atomic E-state index is 0.479. The molecule has 0 fully saturated rings. The molecule has 0 saturated carbocycles. The Bertz CT molecular complexity index is 806. The Balaban J connectivity index is 1.68. The highest BCUT2D eigenvalue weighted by Crippen LogP contribution is 2.34. The van der Waals surface area contributed by atoms with Gasteiger partial charge in [0.15, 0.2) is 11.5 Å². The number of hydrogen-bond acceptors (Lipinski definition) is 4. The van der Waals surface area contributed by atoms with Crippen molar-refractivity contribution in [1.82, 2.24) is 5.32 Å². The molecule has 0 aliphatic heterocycles. The highest BCUT2D eigenvalue weighted by atomic mass is 35.5. The first-order valence-electron chi connectivity index (χ1n) is 8.61. The van der Waals surface area contributed by atoms with Crippen molar-refractivity contribution in [1.29, 1.82) is 0 Å². The van der Waals surface area contributed by atoms with Crippen LogP contribution in [-0.4, -0.2) is 6.61 Å². The number of ether oxygens (including phenoxy) is 2. The van der Waals surface area contributed by atoms with Gasteiger partial charge in [0.25, 0.3) is 0 Å². The molecule has 136 valence electrons. The van der Waals surface area contributed by atoms with E-state index in [-0.39, 0.29) is 0 Å². The van der Waals surface area contributed by atoms with E-state index in [1.807, 2.05) is 49.4 Å². The Morgan fingerprint density at radius 1 is 0.962 bits per heavy atom. The maximum atomic E-state index is 6.47. The van der Waals surface area contributed by atoms with Crippen molar-refractivity contribution in [3.05, 3.63) is 81.0 Å². The summed E-state index contributed by atoms with van der Waals surface area (Å²) in [5.41, 5.74) is 2.10. The van der Waals surface area contributed by atoms with Crippen LogP contribution in [0.2, 0.25) is 5.02 Å².